The Morgan fingerprint density at radius 2 is 2.05 bits per heavy atom. The van der Waals surface area contributed by atoms with Crippen LogP contribution >= 0.6 is 23.2 Å². The lowest BCUT2D eigenvalue weighted by Crippen LogP contribution is -2.49. The Bertz CT molecular complexity index is 545. The minimum atomic E-state index is -0.175. The molecule has 2 saturated heterocycles. The number of hydrogen-bond acceptors (Lipinski definition) is 2. The summed E-state index contributed by atoms with van der Waals surface area (Å²) >= 11 is 12.2. The van der Waals surface area contributed by atoms with Gasteiger partial charge >= 0.3 is 0 Å². The molecular weight excluding hydrogens is 281 g/mol. The number of nitrogens with zero attached hydrogens (tertiary/aromatic N) is 1. The summed E-state index contributed by atoms with van der Waals surface area (Å²) in [6, 6.07) is 6.70. The van der Waals surface area contributed by atoms with E-state index in [-0.39, 0.29) is 11.1 Å². The molecule has 0 spiro atoms. The Balaban J connectivity index is 1.72. The van der Waals surface area contributed by atoms with Gasteiger partial charge in [0.15, 0.2) is 0 Å². The summed E-state index contributed by atoms with van der Waals surface area (Å²) in [5.41, 5.74) is 1.20. The lowest BCUT2D eigenvalue weighted by atomic mass is 9.89. The van der Waals surface area contributed by atoms with Gasteiger partial charge in [0, 0.05) is 24.5 Å². The van der Waals surface area contributed by atoms with Crippen molar-refractivity contribution in [1.82, 2.24) is 4.90 Å². The van der Waals surface area contributed by atoms with Gasteiger partial charge in [0.1, 0.15) is 5.60 Å². The quantitative estimate of drug-likeness (QED) is 0.822. The maximum atomic E-state index is 6.19. The highest BCUT2D eigenvalue weighted by molar-refractivity contribution is 6.42. The standard InChI is InChI=1S/C15H17Cl2NO/c1-14-7-15(19-9-14,8-18(14)11-3-4-11)10-2-5-12(16)13(17)6-10/h2,5-6,11H,3-4,7-9H2,1H3. The van der Waals surface area contributed by atoms with Crippen molar-refractivity contribution >= 4 is 23.2 Å². The second kappa shape index (κ2) is 3.88. The third kappa shape index (κ3) is 1.77. The second-order valence-electron chi connectivity index (χ2n) is 6.44. The van der Waals surface area contributed by atoms with E-state index < -0.39 is 0 Å². The average Bonchev–Trinajstić information content (AvgIpc) is 3.10. The smallest absolute Gasteiger partial charge is 0.108 e. The first-order valence-electron chi connectivity index (χ1n) is 6.89. The number of ether oxygens (including phenoxy) is 1. The fraction of sp³-hybridized carbons (Fsp3) is 0.600. The number of fused-ring (bicyclic) bond motifs is 2. The van der Waals surface area contributed by atoms with Crippen LogP contribution in [0.5, 0.6) is 0 Å². The fourth-order valence-corrected chi connectivity index (χ4v) is 4.07. The van der Waals surface area contributed by atoms with Crippen molar-refractivity contribution in [1.29, 1.82) is 0 Å². The molecule has 2 aliphatic heterocycles. The molecule has 3 fully saturated rings. The second-order valence-corrected chi connectivity index (χ2v) is 7.26. The summed E-state index contributed by atoms with van der Waals surface area (Å²) in [6.45, 7) is 4.15. The molecule has 0 radical (unpaired) electrons. The highest BCUT2D eigenvalue weighted by Gasteiger charge is 2.61. The minimum Gasteiger partial charge on any atom is -0.367 e. The summed E-state index contributed by atoms with van der Waals surface area (Å²) in [5.74, 6) is 0. The Morgan fingerprint density at radius 3 is 2.74 bits per heavy atom. The largest absolute Gasteiger partial charge is 0.367 e. The molecule has 2 bridgehead atoms. The van der Waals surface area contributed by atoms with Crippen LogP contribution < -0.4 is 0 Å². The summed E-state index contributed by atoms with van der Waals surface area (Å²) < 4.78 is 6.19. The predicted molar refractivity (Wildman–Crippen MR) is 76.8 cm³/mol. The van der Waals surface area contributed by atoms with Gasteiger partial charge in [0.05, 0.1) is 16.7 Å². The van der Waals surface area contributed by atoms with Crippen LogP contribution in [0.4, 0.5) is 0 Å². The van der Waals surface area contributed by atoms with Crippen molar-refractivity contribution in [2.45, 2.75) is 43.4 Å². The Kier molecular flexibility index (Phi) is 2.55. The van der Waals surface area contributed by atoms with Crippen LogP contribution in [0, 0.1) is 0 Å². The Labute approximate surface area is 123 Å². The van der Waals surface area contributed by atoms with Gasteiger partial charge in [-0.2, -0.15) is 0 Å². The van der Waals surface area contributed by atoms with E-state index in [2.05, 4.69) is 17.9 Å². The maximum Gasteiger partial charge on any atom is 0.108 e. The highest BCUT2D eigenvalue weighted by atomic mass is 35.5. The summed E-state index contributed by atoms with van der Waals surface area (Å²) in [4.78, 5) is 2.65. The van der Waals surface area contributed by atoms with E-state index in [0.717, 1.165) is 25.6 Å². The number of halogens is 2. The molecule has 3 aliphatic rings. The van der Waals surface area contributed by atoms with Gasteiger partial charge in [-0.3, -0.25) is 4.90 Å². The molecule has 102 valence electrons. The molecule has 2 nitrogen and oxygen atoms in total. The van der Waals surface area contributed by atoms with Crippen LogP contribution in [0.3, 0.4) is 0 Å². The first-order valence-corrected chi connectivity index (χ1v) is 7.64. The summed E-state index contributed by atoms with van der Waals surface area (Å²) in [6.07, 6.45) is 3.74. The van der Waals surface area contributed by atoms with E-state index in [4.69, 9.17) is 27.9 Å². The Hall–Kier alpha value is -0.280. The third-order valence-corrected chi connectivity index (χ3v) is 5.62. The number of likely N-dealkylation sites (tertiary alicyclic amines) is 1. The highest BCUT2D eigenvalue weighted by Crippen LogP contribution is 2.54. The number of hydrogen-bond donors (Lipinski definition) is 0. The topological polar surface area (TPSA) is 12.5 Å². The third-order valence-electron chi connectivity index (χ3n) is 4.88. The molecule has 4 heteroatoms. The van der Waals surface area contributed by atoms with Gasteiger partial charge in [-0.25, -0.2) is 0 Å². The molecule has 0 aromatic heterocycles. The van der Waals surface area contributed by atoms with Crippen LogP contribution in [-0.4, -0.2) is 29.6 Å². The van der Waals surface area contributed by atoms with E-state index in [9.17, 15) is 0 Å². The van der Waals surface area contributed by atoms with E-state index in [1.807, 2.05) is 12.1 Å². The molecule has 0 N–H and O–H groups in total. The zero-order valence-corrected chi connectivity index (χ0v) is 12.5. The van der Waals surface area contributed by atoms with Crippen LogP contribution in [0.1, 0.15) is 31.7 Å². The molecule has 0 amide bonds. The first kappa shape index (κ1) is 12.5. The van der Waals surface area contributed by atoms with E-state index >= 15 is 0 Å². The van der Waals surface area contributed by atoms with Gasteiger partial charge in [0.25, 0.3) is 0 Å². The molecule has 1 aliphatic carbocycles. The van der Waals surface area contributed by atoms with Crippen LogP contribution in [0.15, 0.2) is 18.2 Å². The molecule has 19 heavy (non-hydrogen) atoms. The summed E-state index contributed by atoms with van der Waals surface area (Å²) in [7, 11) is 0. The number of morpholine rings is 1. The number of rotatable bonds is 2. The predicted octanol–water partition coefficient (Wildman–Crippen LogP) is 3.85. The van der Waals surface area contributed by atoms with Crippen molar-refractivity contribution in [2.75, 3.05) is 13.2 Å². The molecular formula is C15H17Cl2NO. The first-order chi connectivity index (χ1) is 9.02. The molecule has 1 saturated carbocycles. The van der Waals surface area contributed by atoms with Crippen molar-refractivity contribution in [2.24, 2.45) is 0 Å². The molecule has 1 aromatic carbocycles. The normalized spacial score (nSPS) is 38.1. The van der Waals surface area contributed by atoms with Gasteiger partial charge in [-0.15, -0.1) is 0 Å². The molecule has 2 heterocycles. The van der Waals surface area contributed by atoms with Crippen LogP contribution in [0.25, 0.3) is 0 Å². The fourth-order valence-electron chi connectivity index (χ4n) is 3.78. The van der Waals surface area contributed by atoms with Crippen LogP contribution in [-0.2, 0) is 10.3 Å². The van der Waals surface area contributed by atoms with E-state index in [1.165, 1.54) is 18.4 Å². The zero-order chi connectivity index (χ0) is 13.3. The minimum absolute atomic E-state index is 0.175. The van der Waals surface area contributed by atoms with E-state index in [1.54, 1.807) is 0 Å². The lowest BCUT2D eigenvalue weighted by molar-refractivity contribution is -0.0695. The maximum absolute atomic E-state index is 6.19. The van der Waals surface area contributed by atoms with Gasteiger partial charge in [-0.05, 0) is 37.5 Å². The van der Waals surface area contributed by atoms with Crippen LogP contribution in [0.2, 0.25) is 10.0 Å². The summed E-state index contributed by atoms with van der Waals surface area (Å²) in [5, 5.41) is 1.23. The lowest BCUT2D eigenvalue weighted by Gasteiger charge is -2.38. The van der Waals surface area contributed by atoms with Crippen molar-refractivity contribution in [3.05, 3.63) is 33.8 Å². The molecule has 2 unspecified atom stereocenters. The van der Waals surface area contributed by atoms with Crippen molar-refractivity contribution in [3.63, 3.8) is 0 Å². The van der Waals surface area contributed by atoms with E-state index in [0.29, 0.717) is 10.0 Å². The molecule has 2 atom stereocenters. The van der Waals surface area contributed by atoms with Gasteiger partial charge in [-0.1, -0.05) is 29.3 Å². The Morgan fingerprint density at radius 1 is 1.26 bits per heavy atom. The molecule has 4 rings (SSSR count). The van der Waals surface area contributed by atoms with Crippen molar-refractivity contribution < 1.29 is 4.74 Å². The monoisotopic (exact) mass is 297 g/mol. The van der Waals surface area contributed by atoms with Gasteiger partial charge in [0.2, 0.25) is 0 Å². The average molecular weight is 298 g/mol. The molecule has 1 aromatic rings. The SMILES string of the molecule is CC12COC(c3ccc(Cl)c(Cl)c3)(CN1C1CC1)C2. The van der Waals surface area contributed by atoms with Crippen molar-refractivity contribution in [3.8, 4) is 0 Å². The zero-order valence-electron chi connectivity index (χ0n) is 11.0. The van der Waals surface area contributed by atoms with Gasteiger partial charge < -0.3 is 4.74 Å². The number of benzene rings is 1.